The van der Waals surface area contributed by atoms with Crippen molar-refractivity contribution in [1.82, 2.24) is 0 Å². The normalized spacial score (nSPS) is 10.1. The van der Waals surface area contributed by atoms with Crippen LogP contribution in [0.4, 0.5) is 5.69 Å². The second kappa shape index (κ2) is 6.38. The minimum Gasteiger partial charge on any atom is -0.462 e. The minimum absolute atomic E-state index is 0.349. The molecule has 0 atom stereocenters. The Morgan fingerprint density at radius 3 is 2.81 bits per heavy atom. The van der Waals surface area contributed by atoms with Crippen molar-refractivity contribution >= 4 is 23.3 Å². The predicted octanol–water partition coefficient (Wildman–Crippen LogP) is 3.27. The second-order valence-electron chi connectivity index (χ2n) is 3.58. The molecular formula is C12H16ClNO2. The molecule has 0 aliphatic carbocycles. The fraction of sp³-hybridized carbons (Fsp3) is 0.417. The van der Waals surface area contributed by atoms with E-state index in [-0.39, 0.29) is 5.97 Å². The van der Waals surface area contributed by atoms with Gasteiger partial charge in [0.1, 0.15) is 0 Å². The first-order valence-electron chi connectivity index (χ1n) is 5.37. The highest BCUT2D eigenvalue weighted by atomic mass is 35.5. The number of hydrogen-bond donors (Lipinski definition) is 1. The van der Waals surface area contributed by atoms with Crippen LogP contribution in [0.15, 0.2) is 18.2 Å². The fourth-order valence-electron chi connectivity index (χ4n) is 1.25. The number of esters is 1. The number of unbranched alkanes of at least 4 members (excludes halogenated alkanes) is 2. The molecule has 0 aliphatic heterocycles. The fourth-order valence-corrected chi connectivity index (χ4v) is 1.43. The molecule has 0 amide bonds. The molecule has 0 aliphatic rings. The molecule has 0 radical (unpaired) electrons. The first-order valence-corrected chi connectivity index (χ1v) is 5.75. The minimum atomic E-state index is -0.349. The van der Waals surface area contributed by atoms with Crippen LogP contribution in [-0.2, 0) is 4.74 Å². The van der Waals surface area contributed by atoms with Gasteiger partial charge in [0.25, 0.3) is 0 Å². The van der Waals surface area contributed by atoms with Crippen LogP contribution in [0.1, 0.15) is 36.5 Å². The smallest absolute Gasteiger partial charge is 0.338 e. The summed E-state index contributed by atoms with van der Waals surface area (Å²) in [7, 11) is 0. The number of nitrogen functional groups attached to an aromatic ring is 1. The Balaban J connectivity index is 2.50. The summed E-state index contributed by atoms with van der Waals surface area (Å²) in [5.41, 5.74) is 6.45. The number of carbonyl (C=O) groups excluding carboxylic acids is 1. The van der Waals surface area contributed by atoms with Gasteiger partial charge in [-0.15, -0.1) is 0 Å². The highest BCUT2D eigenvalue weighted by Gasteiger charge is 2.08. The van der Waals surface area contributed by atoms with Crippen LogP contribution >= 0.6 is 11.6 Å². The van der Waals surface area contributed by atoms with Crippen LogP contribution in [0.2, 0.25) is 5.02 Å². The van der Waals surface area contributed by atoms with E-state index in [2.05, 4.69) is 6.92 Å². The highest BCUT2D eigenvalue weighted by molar-refractivity contribution is 6.33. The maximum Gasteiger partial charge on any atom is 0.338 e. The summed E-state index contributed by atoms with van der Waals surface area (Å²) in [5.74, 6) is -0.349. The molecule has 0 heterocycles. The van der Waals surface area contributed by atoms with Gasteiger partial charge in [-0.05, 0) is 24.6 Å². The Morgan fingerprint density at radius 1 is 1.44 bits per heavy atom. The van der Waals surface area contributed by atoms with Gasteiger partial charge in [-0.2, -0.15) is 0 Å². The molecule has 1 rings (SSSR count). The van der Waals surface area contributed by atoms with E-state index in [1.54, 1.807) is 12.1 Å². The third-order valence-corrected chi connectivity index (χ3v) is 2.54. The quantitative estimate of drug-likeness (QED) is 0.489. The molecule has 0 spiro atoms. The molecule has 16 heavy (non-hydrogen) atoms. The van der Waals surface area contributed by atoms with E-state index in [1.165, 1.54) is 6.07 Å². The average molecular weight is 242 g/mol. The molecule has 1 aromatic carbocycles. The molecule has 4 heteroatoms. The maximum atomic E-state index is 11.5. The van der Waals surface area contributed by atoms with E-state index in [4.69, 9.17) is 22.1 Å². The largest absolute Gasteiger partial charge is 0.462 e. The third-order valence-electron chi connectivity index (χ3n) is 2.22. The van der Waals surface area contributed by atoms with Gasteiger partial charge in [-0.1, -0.05) is 31.4 Å². The maximum absolute atomic E-state index is 11.5. The van der Waals surface area contributed by atoms with Gasteiger partial charge < -0.3 is 10.5 Å². The van der Waals surface area contributed by atoms with Gasteiger partial charge >= 0.3 is 5.97 Å². The summed E-state index contributed by atoms with van der Waals surface area (Å²) in [6, 6.07) is 4.74. The lowest BCUT2D eigenvalue weighted by Gasteiger charge is -2.05. The van der Waals surface area contributed by atoms with Crippen molar-refractivity contribution in [3.8, 4) is 0 Å². The topological polar surface area (TPSA) is 52.3 Å². The Bertz CT molecular complexity index is 366. The van der Waals surface area contributed by atoms with Crippen molar-refractivity contribution in [2.45, 2.75) is 26.2 Å². The molecule has 0 unspecified atom stereocenters. The zero-order valence-electron chi connectivity index (χ0n) is 9.33. The lowest BCUT2D eigenvalue weighted by Crippen LogP contribution is -2.06. The van der Waals surface area contributed by atoms with Crippen molar-refractivity contribution in [2.75, 3.05) is 12.3 Å². The summed E-state index contributed by atoms with van der Waals surface area (Å²) in [6.07, 6.45) is 3.06. The molecule has 0 saturated heterocycles. The SMILES string of the molecule is CCCCCOC(=O)c1ccc(N)c(Cl)c1. The third kappa shape index (κ3) is 3.74. The molecule has 0 aromatic heterocycles. The van der Waals surface area contributed by atoms with Gasteiger partial charge in [-0.3, -0.25) is 0 Å². The van der Waals surface area contributed by atoms with Crippen molar-refractivity contribution < 1.29 is 9.53 Å². The van der Waals surface area contributed by atoms with Gasteiger partial charge in [-0.25, -0.2) is 4.79 Å². The van der Waals surface area contributed by atoms with E-state index in [9.17, 15) is 4.79 Å². The van der Waals surface area contributed by atoms with Gasteiger partial charge in [0.2, 0.25) is 0 Å². The lowest BCUT2D eigenvalue weighted by atomic mass is 10.2. The summed E-state index contributed by atoms with van der Waals surface area (Å²) < 4.78 is 5.09. The number of carbonyl (C=O) groups is 1. The predicted molar refractivity (Wildman–Crippen MR) is 65.7 cm³/mol. The monoisotopic (exact) mass is 241 g/mol. The highest BCUT2D eigenvalue weighted by Crippen LogP contribution is 2.20. The molecule has 3 nitrogen and oxygen atoms in total. The number of nitrogens with two attached hydrogens (primary N) is 1. The Labute approximate surface area is 101 Å². The van der Waals surface area contributed by atoms with E-state index in [0.717, 1.165) is 19.3 Å². The zero-order valence-corrected chi connectivity index (χ0v) is 10.1. The van der Waals surface area contributed by atoms with Crippen LogP contribution in [0.25, 0.3) is 0 Å². The number of rotatable bonds is 5. The summed E-state index contributed by atoms with van der Waals surface area (Å²) in [6.45, 7) is 2.55. The van der Waals surface area contributed by atoms with Crippen LogP contribution in [0.5, 0.6) is 0 Å². The molecule has 0 fully saturated rings. The van der Waals surface area contributed by atoms with Crippen molar-refractivity contribution in [1.29, 1.82) is 0 Å². The van der Waals surface area contributed by atoms with Crippen molar-refractivity contribution in [2.24, 2.45) is 0 Å². The zero-order chi connectivity index (χ0) is 12.0. The Morgan fingerprint density at radius 2 is 2.19 bits per heavy atom. The van der Waals surface area contributed by atoms with Gasteiger partial charge in [0.15, 0.2) is 0 Å². The van der Waals surface area contributed by atoms with Crippen LogP contribution in [-0.4, -0.2) is 12.6 Å². The molecule has 88 valence electrons. The van der Waals surface area contributed by atoms with Crippen LogP contribution in [0, 0.1) is 0 Å². The van der Waals surface area contributed by atoms with Crippen molar-refractivity contribution in [3.05, 3.63) is 28.8 Å². The summed E-state index contributed by atoms with van der Waals surface area (Å²) in [4.78, 5) is 11.5. The standard InChI is InChI=1S/C12H16ClNO2/c1-2-3-4-7-16-12(15)9-5-6-11(14)10(13)8-9/h5-6,8H,2-4,7,14H2,1H3. The second-order valence-corrected chi connectivity index (χ2v) is 3.99. The van der Waals surface area contributed by atoms with Gasteiger partial charge in [0, 0.05) is 0 Å². The van der Waals surface area contributed by atoms with Crippen LogP contribution in [0.3, 0.4) is 0 Å². The average Bonchev–Trinajstić information content (AvgIpc) is 2.28. The molecule has 1 aromatic rings. The van der Waals surface area contributed by atoms with E-state index in [1.807, 2.05) is 0 Å². The Hall–Kier alpha value is -1.22. The van der Waals surface area contributed by atoms with Gasteiger partial charge in [0.05, 0.1) is 22.9 Å². The van der Waals surface area contributed by atoms with E-state index >= 15 is 0 Å². The number of anilines is 1. The van der Waals surface area contributed by atoms with Crippen molar-refractivity contribution in [3.63, 3.8) is 0 Å². The molecule has 2 N–H and O–H groups in total. The number of hydrogen-bond acceptors (Lipinski definition) is 3. The number of halogens is 1. The van der Waals surface area contributed by atoms with E-state index in [0.29, 0.717) is 22.9 Å². The number of ether oxygens (including phenoxy) is 1. The lowest BCUT2D eigenvalue weighted by molar-refractivity contribution is 0.0498. The van der Waals surface area contributed by atoms with E-state index < -0.39 is 0 Å². The first-order chi connectivity index (χ1) is 7.65. The molecule has 0 saturated carbocycles. The molecular weight excluding hydrogens is 226 g/mol. The molecule has 0 bridgehead atoms. The number of benzene rings is 1. The Kier molecular flexibility index (Phi) is 5.12. The van der Waals surface area contributed by atoms with Crippen LogP contribution < -0.4 is 5.73 Å². The summed E-state index contributed by atoms with van der Waals surface area (Å²) >= 11 is 5.81. The first kappa shape index (κ1) is 12.8. The summed E-state index contributed by atoms with van der Waals surface area (Å²) in [5, 5.41) is 0.378.